The molecule has 7 heteroatoms. The molecule has 2 N–H and O–H groups in total. The zero-order valence-electron chi connectivity index (χ0n) is 13.5. The van der Waals surface area contributed by atoms with Crippen LogP contribution < -0.4 is 0 Å². The summed E-state index contributed by atoms with van der Waals surface area (Å²) in [6.45, 7) is 1.62. The molecule has 1 atom stereocenters. The van der Waals surface area contributed by atoms with Gasteiger partial charge in [-0.3, -0.25) is 4.98 Å². The number of hydrogen-bond acceptors (Lipinski definition) is 6. The van der Waals surface area contributed by atoms with Crippen LogP contribution in [0.1, 0.15) is 24.6 Å². The maximum absolute atomic E-state index is 10.7. The Morgan fingerprint density at radius 3 is 2.88 bits per heavy atom. The van der Waals surface area contributed by atoms with Gasteiger partial charge in [-0.05, 0) is 60.6 Å². The highest BCUT2D eigenvalue weighted by molar-refractivity contribution is 7.03. The zero-order chi connectivity index (χ0) is 17.6. The van der Waals surface area contributed by atoms with Crippen molar-refractivity contribution >= 4 is 28.8 Å². The first-order valence-corrected chi connectivity index (χ1v) is 9.05. The molecule has 4 rings (SSSR count). The highest BCUT2D eigenvalue weighted by Gasteiger charge is 2.40. The quantitative estimate of drug-likeness (QED) is 0.680. The van der Waals surface area contributed by atoms with Crippen molar-refractivity contribution in [3.8, 4) is 22.4 Å². The number of nitrogens with zero attached hydrogens (tertiary/aromatic N) is 3. The molecule has 1 aromatic carbocycles. The van der Waals surface area contributed by atoms with Gasteiger partial charge in [0, 0.05) is 33.4 Å². The largest absolute Gasteiger partial charge is 0.378 e. The highest BCUT2D eigenvalue weighted by Crippen LogP contribution is 2.40. The Balaban J connectivity index is 1.85. The summed E-state index contributed by atoms with van der Waals surface area (Å²) in [5.74, 6) is 0. The summed E-state index contributed by atoms with van der Waals surface area (Å²) in [6, 6.07) is 7.68. The Hall–Kier alpha value is -2.15. The summed E-state index contributed by atoms with van der Waals surface area (Å²) in [6.07, 6.45) is 2.91. The predicted octanol–water partition coefficient (Wildman–Crippen LogP) is 4.09. The van der Waals surface area contributed by atoms with Gasteiger partial charge in [-0.2, -0.15) is 0 Å². The minimum atomic E-state index is -1.25. The van der Waals surface area contributed by atoms with E-state index >= 15 is 0 Å². The van der Waals surface area contributed by atoms with E-state index in [4.69, 9.17) is 17.0 Å². The van der Waals surface area contributed by atoms with Gasteiger partial charge in [-0.15, -0.1) is 5.10 Å². The maximum atomic E-state index is 10.7. The van der Waals surface area contributed by atoms with E-state index < -0.39 is 5.60 Å². The van der Waals surface area contributed by atoms with E-state index in [-0.39, 0.29) is 5.71 Å². The van der Waals surface area contributed by atoms with E-state index in [1.807, 2.05) is 29.6 Å². The summed E-state index contributed by atoms with van der Waals surface area (Å²) in [7, 11) is 0. The van der Waals surface area contributed by atoms with Crippen LogP contribution in [0.25, 0.3) is 22.4 Å². The molecule has 0 spiro atoms. The summed E-state index contributed by atoms with van der Waals surface area (Å²) >= 11 is 7.51. The average molecular weight is 371 g/mol. The Kier molecular flexibility index (Phi) is 3.91. The summed E-state index contributed by atoms with van der Waals surface area (Å²) in [4.78, 5) is 4.49. The second-order valence-electron chi connectivity index (χ2n) is 6.20. The van der Waals surface area contributed by atoms with Crippen molar-refractivity contribution in [2.75, 3.05) is 0 Å². The number of rotatable bonds is 3. The minimum absolute atomic E-state index is 0.225. The van der Waals surface area contributed by atoms with Gasteiger partial charge in [-0.1, -0.05) is 22.2 Å². The molecule has 25 heavy (non-hydrogen) atoms. The van der Waals surface area contributed by atoms with Gasteiger partial charge in [0.2, 0.25) is 0 Å². The molecule has 1 unspecified atom stereocenters. The van der Waals surface area contributed by atoms with Crippen molar-refractivity contribution in [1.82, 2.24) is 14.6 Å². The van der Waals surface area contributed by atoms with Crippen molar-refractivity contribution in [3.05, 3.63) is 52.1 Å². The van der Waals surface area contributed by atoms with Gasteiger partial charge in [0.25, 0.3) is 0 Å². The first-order chi connectivity index (χ1) is 12.0. The molecule has 0 radical (unpaired) electrons. The van der Waals surface area contributed by atoms with E-state index in [1.54, 1.807) is 13.1 Å². The third kappa shape index (κ3) is 2.66. The average Bonchev–Trinajstić information content (AvgIpc) is 3.24. The molecule has 0 amide bonds. The SMILES string of the molecule is CC(=N)C1(O)CCc2cc(-c3cc(Cl)ccc3-c3csnn3)cnc21. The lowest BCUT2D eigenvalue weighted by molar-refractivity contribution is 0.108. The lowest BCUT2D eigenvalue weighted by atomic mass is 9.94. The van der Waals surface area contributed by atoms with Crippen LogP contribution in [0.15, 0.2) is 35.8 Å². The molecule has 0 saturated heterocycles. The number of nitrogens with one attached hydrogen (secondary N) is 1. The minimum Gasteiger partial charge on any atom is -0.378 e. The third-order valence-corrected chi connectivity index (χ3v) is 5.40. The fourth-order valence-electron chi connectivity index (χ4n) is 3.28. The molecule has 5 nitrogen and oxygen atoms in total. The van der Waals surface area contributed by atoms with E-state index in [1.165, 1.54) is 11.5 Å². The fraction of sp³-hybridized carbons (Fsp3) is 0.222. The molecule has 0 fully saturated rings. The normalized spacial score (nSPS) is 19.0. The molecule has 2 heterocycles. The van der Waals surface area contributed by atoms with E-state index in [9.17, 15) is 5.11 Å². The summed E-state index contributed by atoms with van der Waals surface area (Å²) in [5.41, 5.74) is 4.11. The van der Waals surface area contributed by atoms with Crippen LogP contribution in [-0.2, 0) is 12.0 Å². The second kappa shape index (κ2) is 5.98. The van der Waals surface area contributed by atoms with Gasteiger partial charge in [0.05, 0.1) is 5.69 Å². The molecule has 0 aliphatic heterocycles. The number of aryl methyl sites for hydroxylation is 1. The van der Waals surface area contributed by atoms with Crippen LogP contribution in [-0.4, -0.2) is 25.4 Å². The number of benzene rings is 1. The van der Waals surface area contributed by atoms with Crippen LogP contribution >= 0.6 is 23.1 Å². The number of halogens is 1. The van der Waals surface area contributed by atoms with Crippen LogP contribution in [0.4, 0.5) is 0 Å². The van der Waals surface area contributed by atoms with Crippen molar-refractivity contribution in [2.45, 2.75) is 25.4 Å². The monoisotopic (exact) mass is 370 g/mol. The van der Waals surface area contributed by atoms with Crippen LogP contribution in [0.5, 0.6) is 0 Å². The van der Waals surface area contributed by atoms with E-state index in [0.29, 0.717) is 23.6 Å². The first kappa shape index (κ1) is 16.3. The van der Waals surface area contributed by atoms with E-state index in [2.05, 4.69) is 14.6 Å². The number of hydrogen-bond donors (Lipinski definition) is 2. The Bertz CT molecular complexity index is 973. The second-order valence-corrected chi connectivity index (χ2v) is 7.24. The predicted molar refractivity (Wildman–Crippen MR) is 99.2 cm³/mol. The highest BCUT2D eigenvalue weighted by atomic mass is 35.5. The molecule has 0 bridgehead atoms. The molecule has 126 valence electrons. The zero-order valence-corrected chi connectivity index (χ0v) is 15.0. The Labute approximate surface area is 154 Å². The number of fused-ring (bicyclic) bond motifs is 1. The molecule has 0 saturated carbocycles. The number of aliphatic hydroxyl groups is 1. The van der Waals surface area contributed by atoms with Gasteiger partial charge in [0.15, 0.2) is 0 Å². The summed E-state index contributed by atoms with van der Waals surface area (Å²) < 4.78 is 3.94. The van der Waals surface area contributed by atoms with Crippen LogP contribution in [0.3, 0.4) is 0 Å². The number of pyridine rings is 1. The smallest absolute Gasteiger partial charge is 0.144 e. The Morgan fingerprint density at radius 2 is 2.16 bits per heavy atom. The first-order valence-electron chi connectivity index (χ1n) is 7.84. The summed E-state index contributed by atoms with van der Waals surface area (Å²) in [5, 5.41) is 25.3. The van der Waals surface area contributed by atoms with Gasteiger partial charge in [-0.25, -0.2) is 0 Å². The van der Waals surface area contributed by atoms with Crippen molar-refractivity contribution in [3.63, 3.8) is 0 Å². The van der Waals surface area contributed by atoms with Crippen molar-refractivity contribution in [1.29, 1.82) is 5.41 Å². The molecular formula is C18H15ClN4OS. The number of aromatic nitrogens is 3. The lowest BCUT2D eigenvalue weighted by Gasteiger charge is -2.21. The van der Waals surface area contributed by atoms with Crippen molar-refractivity contribution < 1.29 is 5.11 Å². The lowest BCUT2D eigenvalue weighted by Crippen LogP contribution is -2.31. The standard InChI is InChI=1S/C18H15ClN4OS/c1-10(20)18(24)5-4-11-6-12(8-21-17(11)18)15-7-13(19)2-3-14(15)16-9-25-23-22-16/h2-3,6-9,20,24H,4-5H2,1H3. The molecular weight excluding hydrogens is 356 g/mol. The molecule has 1 aliphatic carbocycles. The van der Waals surface area contributed by atoms with Gasteiger partial charge < -0.3 is 10.5 Å². The van der Waals surface area contributed by atoms with E-state index in [0.717, 1.165) is 27.9 Å². The molecule has 3 aromatic rings. The van der Waals surface area contributed by atoms with Crippen LogP contribution in [0, 0.1) is 5.41 Å². The van der Waals surface area contributed by atoms with Crippen LogP contribution in [0.2, 0.25) is 5.02 Å². The van der Waals surface area contributed by atoms with Gasteiger partial charge >= 0.3 is 0 Å². The van der Waals surface area contributed by atoms with Gasteiger partial charge in [0.1, 0.15) is 11.3 Å². The third-order valence-electron chi connectivity index (χ3n) is 4.66. The topological polar surface area (TPSA) is 82.8 Å². The Morgan fingerprint density at radius 1 is 1.32 bits per heavy atom. The fourth-order valence-corrected chi connectivity index (χ4v) is 3.91. The molecule has 1 aliphatic rings. The maximum Gasteiger partial charge on any atom is 0.144 e. The molecule has 2 aromatic heterocycles. The van der Waals surface area contributed by atoms with Crippen molar-refractivity contribution in [2.24, 2.45) is 0 Å².